The Bertz CT molecular complexity index is 667. The zero-order valence-electron chi connectivity index (χ0n) is 13.9. The van der Waals surface area contributed by atoms with Crippen LogP contribution in [0.1, 0.15) is 45.7 Å². The molecule has 21 heavy (non-hydrogen) atoms. The molecule has 0 fully saturated rings. The number of benzene rings is 1. The number of nitrogens with one attached hydrogen (secondary N) is 1. The van der Waals surface area contributed by atoms with Crippen LogP contribution in [-0.2, 0) is 12.0 Å². The van der Waals surface area contributed by atoms with Gasteiger partial charge in [0.05, 0.1) is 5.69 Å². The lowest BCUT2D eigenvalue weighted by molar-refractivity contribution is 0.470. The highest BCUT2D eigenvalue weighted by molar-refractivity contribution is 5.64. The molecule has 0 radical (unpaired) electrons. The molecule has 1 aromatic carbocycles. The minimum absolute atomic E-state index is 0.103. The SMILES string of the molecule is Cc1ccc(-c2[nH]n(CC(C)C)c(=O)c2C(C)(C)C)cc1. The van der Waals surface area contributed by atoms with Gasteiger partial charge >= 0.3 is 0 Å². The van der Waals surface area contributed by atoms with Gasteiger partial charge in [0.15, 0.2) is 0 Å². The third-order valence-electron chi connectivity index (χ3n) is 3.59. The highest BCUT2D eigenvalue weighted by Crippen LogP contribution is 2.29. The summed E-state index contributed by atoms with van der Waals surface area (Å²) in [6.07, 6.45) is 0. The third-order valence-corrected chi connectivity index (χ3v) is 3.59. The molecule has 0 aliphatic heterocycles. The van der Waals surface area contributed by atoms with Crippen molar-refractivity contribution < 1.29 is 0 Å². The summed E-state index contributed by atoms with van der Waals surface area (Å²) in [5.74, 6) is 0.431. The first-order valence-corrected chi connectivity index (χ1v) is 7.60. The molecule has 1 N–H and O–H groups in total. The molecular formula is C18H26N2O. The maximum absolute atomic E-state index is 12.7. The molecule has 2 aromatic rings. The van der Waals surface area contributed by atoms with Gasteiger partial charge in [-0.3, -0.25) is 14.6 Å². The lowest BCUT2D eigenvalue weighted by Gasteiger charge is -2.17. The van der Waals surface area contributed by atoms with Crippen LogP contribution in [0.25, 0.3) is 11.3 Å². The monoisotopic (exact) mass is 286 g/mol. The fourth-order valence-electron chi connectivity index (χ4n) is 2.60. The fraction of sp³-hybridized carbons (Fsp3) is 0.500. The number of hydrogen-bond donors (Lipinski definition) is 1. The zero-order chi connectivity index (χ0) is 15.8. The Hall–Kier alpha value is -1.77. The number of aromatic amines is 1. The van der Waals surface area contributed by atoms with E-state index in [1.165, 1.54) is 5.56 Å². The van der Waals surface area contributed by atoms with E-state index in [1.54, 1.807) is 4.68 Å². The van der Waals surface area contributed by atoms with Crippen LogP contribution in [0.4, 0.5) is 0 Å². The first kappa shape index (κ1) is 15.6. The van der Waals surface area contributed by atoms with Gasteiger partial charge in [0.2, 0.25) is 0 Å². The summed E-state index contributed by atoms with van der Waals surface area (Å²) < 4.78 is 1.75. The molecule has 114 valence electrons. The Labute approximate surface area is 127 Å². The lowest BCUT2D eigenvalue weighted by atomic mass is 9.85. The van der Waals surface area contributed by atoms with Crippen molar-refractivity contribution in [2.45, 2.75) is 53.5 Å². The zero-order valence-corrected chi connectivity index (χ0v) is 13.9. The molecule has 0 amide bonds. The molecule has 3 heteroatoms. The Morgan fingerprint density at radius 2 is 1.71 bits per heavy atom. The summed E-state index contributed by atoms with van der Waals surface area (Å²) in [5, 5.41) is 3.33. The van der Waals surface area contributed by atoms with Crippen molar-refractivity contribution >= 4 is 0 Å². The Morgan fingerprint density at radius 1 is 1.14 bits per heavy atom. The molecule has 2 rings (SSSR count). The van der Waals surface area contributed by atoms with Crippen LogP contribution in [0.2, 0.25) is 0 Å². The topological polar surface area (TPSA) is 37.8 Å². The van der Waals surface area contributed by atoms with Crippen LogP contribution in [0, 0.1) is 12.8 Å². The molecule has 1 aromatic heterocycles. The van der Waals surface area contributed by atoms with Crippen molar-refractivity contribution in [1.82, 2.24) is 9.78 Å². The molecular weight excluding hydrogens is 260 g/mol. The number of rotatable bonds is 3. The molecule has 0 spiro atoms. The number of nitrogens with zero attached hydrogens (tertiary/aromatic N) is 1. The Kier molecular flexibility index (Phi) is 4.13. The van der Waals surface area contributed by atoms with Gasteiger partial charge in [-0.1, -0.05) is 64.4 Å². The highest BCUT2D eigenvalue weighted by atomic mass is 16.1. The molecule has 0 aliphatic carbocycles. The fourth-order valence-corrected chi connectivity index (χ4v) is 2.60. The predicted molar refractivity (Wildman–Crippen MR) is 88.8 cm³/mol. The van der Waals surface area contributed by atoms with Gasteiger partial charge in [-0.25, -0.2) is 0 Å². The average molecular weight is 286 g/mol. The second-order valence-electron chi connectivity index (χ2n) is 7.29. The summed E-state index contributed by atoms with van der Waals surface area (Å²) in [7, 11) is 0. The molecule has 0 saturated carbocycles. The van der Waals surface area contributed by atoms with E-state index in [0.717, 1.165) is 16.8 Å². The molecule has 0 bridgehead atoms. The van der Waals surface area contributed by atoms with Crippen molar-refractivity contribution in [2.24, 2.45) is 5.92 Å². The molecule has 0 saturated heterocycles. The predicted octanol–water partition coefficient (Wildman–Crippen LogP) is 4.11. The van der Waals surface area contributed by atoms with E-state index in [0.29, 0.717) is 12.5 Å². The summed E-state index contributed by atoms with van der Waals surface area (Å²) in [5.41, 5.74) is 4.04. The minimum Gasteiger partial charge on any atom is -0.295 e. The quantitative estimate of drug-likeness (QED) is 0.906. The van der Waals surface area contributed by atoms with E-state index < -0.39 is 0 Å². The van der Waals surface area contributed by atoms with E-state index in [9.17, 15) is 4.79 Å². The second-order valence-corrected chi connectivity index (χ2v) is 7.29. The van der Waals surface area contributed by atoms with Crippen molar-refractivity contribution in [3.05, 3.63) is 45.7 Å². The van der Waals surface area contributed by atoms with E-state index >= 15 is 0 Å². The van der Waals surface area contributed by atoms with E-state index in [-0.39, 0.29) is 11.0 Å². The number of H-pyrrole nitrogens is 1. The van der Waals surface area contributed by atoms with Crippen molar-refractivity contribution in [1.29, 1.82) is 0 Å². The van der Waals surface area contributed by atoms with Gasteiger partial charge in [0.1, 0.15) is 0 Å². The van der Waals surface area contributed by atoms with Crippen LogP contribution in [0.15, 0.2) is 29.1 Å². The average Bonchev–Trinajstić information content (AvgIpc) is 2.66. The molecule has 0 atom stereocenters. The lowest BCUT2D eigenvalue weighted by Crippen LogP contribution is -2.27. The largest absolute Gasteiger partial charge is 0.295 e. The van der Waals surface area contributed by atoms with Crippen molar-refractivity contribution in [2.75, 3.05) is 0 Å². The first-order valence-electron chi connectivity index (χ1n) is 7.60. The van der Waals surface area contributed by atoms with Gasteiger partial charge in [0, 0.05) is 12.1 Å². The third kappa shape index (κ3) is 3.29. The van der Waals surface area contributed by atoms with Gasteiger partial charge in [0.25, 0.3) is 5.56 Å². The summed E-state index contributed by atoms with van der Waals surface area (Å²) in [4.78, 5) is 12.7. The summed E-state index contributed by atoms with van der Waals surface area (Å²) >= 11 is 0. The van der Waals surface area contributed by atoms with Gasteiger partial charge in [-0.2, -0.15) is 0 Å². The van der Waals surface area contributed by atoms with Gasteiger partial charge in [-0.15, -0.1) is 0 Å². The Balaban J connectivity index is 2.64. The van der Waals surface area contributed by atoms with Crippen LogP contribution in [-0.4, -0.2) is 9.78 Å². The van der Waals surface area contributed by atoms with Crippen LogP contribution >= 0.6 is 0 Å². The van der Waals surface area contributed by atoms with Crippen LogP contribution < -0.4 is 5.56 Å². The summed E-state index contributed by atoms with van der Waals surface area (Å²) in [6.45, 7) is 13.3. The van der Waals surface area contributed by atoms with E-state index in [4.69, 9.17) is 0 Å². The van der Waals surface area contributed by atoms with Crippen LogP contribution in [0.5, 0.6) is 0 Å². The first-order chi connectivity index (χ1) is 9.70. The number of hydrogen-bond acceptors (Lipinski definition) is 1. The van der Waals surface area contributed by atoms with Crippen molar-refractivity contribution in [3.8, 4) is 11.3 Å². The maximum Gasteiger partial charge on any atom is 0.270 e. The molecule has 3 nitrogen and oxygen atoms in total. The molecule has 0 aliphatic rings. The Morgan fingerprint density at radius 3 is 2.19 bits per heavy atom. The van der Waals surface area contributed by atoms with Gasteiger partial charge in [-0.05, 0) is 23.8 Å². The second kappa shape index (κ2) is 5.55. The highest BCUT2D eigenvalue weighted by Gasteiger charge is 2.26. The number of aromatic nitrogens is 2. The van der Waals surface area contributed by atoms with E-state index in [1.807, 2.05) is 0 Å². The maximum atomic E-state index is 12.7. The summed E-state index contributed by atoms with van der Waals surface area (Å²) in [6, 6.07) is 8.32. The van der Waals surface area contributed by atoms with Crippen LogP contribution in [0.3, 0.4) is 0 Å². The normalized spacial score (nSPS) is 12.1. The van der Waals surface area contributed by atoms with Gasteiger partial charge < -0.3 is 0 Å². The minimum atomic E-state index is -0.184. The smallest absolute Gasteiger partial charge is 0.270 e. The van der Waals surface area contributed by atoms with E-state index in [2.05, 4.69) is 70.9 Å². The number of aryl methyl sites for hydroxylation is 1. The molecule has 0 unspecified atom stereocenters. The molecule has 1 heterocycles. The standard InChI is InChI=1S/C18H26N2O/c1-12(2)11-20-17(21)15(18(4,5)6)16(19-20)14-9-7-13(3)8-10-14/h7-10,12,19H,11H2,1-6H3. The van der Waals surface area contributed by atoms with Crippen molar-refractivity contribution in [3.63, 3.8) is 0 Å².